The van der Waals surface area contributed by atoms with Gasteiger partial charge in [-0.2, -0.15) is 5.10 Å². The second kappa shape index (κ2) is 2.77. The van der Waals surface area contributed by atoms with Gasteiger partial charge in [-0.1, -0.05) is 0 Å². The molecule has 0 aliphatic heterocycles. The Balaban J connectivity index is 2.93. The standard InChI is InChI=1S/C6H6F2N2O/c1-10-4(2-3-9-10)5(11)6(7)8/h2-3,6H,1H3. The molecule has 0 radical (unpaired) electrons. The van der Waals surface area contributed by atoms with E-state index in [-0.39, 0.29) is 5.69 Å². The lowest BCUT2D eigenvalue weighted by atomic mass is 10.3. The quantitative estimate of drug-likeness (QED) is 0.601. The summed E-state index contributed by atoms with van der Waals surface area (Å²) in [5.74, 6) is -1.19. The minimum atomic E-state index is -2.95. The highest BCUT2D eigenvalue weighted by Gasteiger charge is 2.20. The number of rotatable bonds is 2. The molecule has 60 valence electrons. The van der Waals surface area contributed by atoms with Gasteiger partial charge in [-0.15, -0.1) is 0 Å². The smallest absolute Gasteiger partial charge is 0.286 e. The van der Waals surface area contributed by atoms with Crippen molar-refractivity contribution in [3.63, 3.8) is 0 Å². The summed E-state index contributed by atoms with van der Waals surface area (Å²) in [6.07, 6.45) is -1.65. The Labute approximate surface area is 61.6 Å². The molecule has 0 fully saturated rings. The van der Waals surface area contributed by atoms with Gasteiger partial charge in [-0.3, -0.25) is 9.48 Å². The SMILES string of the molecule is Cn1nccc1C(=O)C(F)F. The first-order valence-electron chi connectivity index (χ1n) is 2.93. The lowest BCUT2D eigenvalue weighted by molar-refractivity contribution is 0.0668. The van der Waals surface area contributed by atoms with Gasteiger partial charge < -0.3 is 0 Å². The van der Waals surface area contributed by atoms with E-state index >= 15 is 0 Å². The molecule has 0 unspecified atom stereocenters. The van der Waals surface area contributed by atoms with Gasteiger partial charge in [-0.25, -0.2) is 8.78 Å². The van der Waals surface area contributed by atoms with Gasteiger partial charge in [0.2, 0.25) is 5.78 Å². The zero-order valence-corrected chi connectivity index (χ0v) is 5.79. The van der Waals surface area contributed by atoms with Crippen LogP contribution in [0.4, 0.5) is 8.78 Å². The first-order chi connectivity index (χ1) is 5.13. The number of halogens is 2. The second-order valence-corrected chi connectivity index (χ2v) is 2.01. The van der Waals surface area contributed by atoms with Crippen molar-refractivity contribution in [1.29, 1.82) is 0 Å². The number of aryl methyl sites for hydroxylation is 1. The third kappa shape index (κ3) is 1.42. The number of ketones is 1. The van der Waals surface area contributed by atoms with Crippen LogP contribution >= 0.6 is 0 Å². The predicted octanol–water partition coefficient (Wildman–Crippen LogP) is 0.868. The summed E-state index contributed by atoms with van der Waals surface area (Å²) >= 11 is 0. The third-order valence-corrected chi connectivity index (χ3v) is 1.27. The normalized spacial score (nSPS) is 10.5. The van der Waals surface area contributed by atoms with Crippen molar-refractivity contribution in [2.75, 3.05) is 0 Å². The van der Waals surface area contributed by atoms with Crippen LogP contribution in [0, 0.1) is 0 Å². The van der Waals surface area contributed by atoms with Crippen molar-refractivity contribution in [2.45, 2.75) is 6.43 Å². The highest BCUT2D eigenvalue weighted by atomic mass is 19.3. The average Bonchev–Trinajstić information content (AvgIpc) is 2.33. The van der Waals surface area contributed by atoms with Crippen LogP contribution in [-0.2, 0) is 7.05 Å². The van der Waals surface area contributed by atoms with Gasteiger partial charge in [0.1, 0.15) is 5.69 Å². The molecule has 11 heavy (non-hydrogen) atoms. The molecular formula is C6H6F2N2O. The maximum absolute atomic E-state index is 11.8. The van der Waals surface area contributed by atoms with Crippen LogP contribution in [0.3, 0.4) is 0 Å². The maximum Gasteiger partial charge on any atom is 0.302 e. The zero-order chi connectivity index (χ0) is 8.43. The summed E-state index contributed by atoms with van der Waals surface area (Å²) in [5, 5.41) is 3.58. The maximum atomic E-state index is 11.8. The van der Waals surface area contributed by atoms with Crippen LogP contribution in [0.15, 0.2) is 12.3 Å². The largest absolute Gasteiger partial charge is 0.302 e. The van der Waals surface area contributed by atoms with Crippen LogP contribution in [0.5, 0.6) is 0 Å². The summed E-state index contributed by atoms with van der Waals surface area (Å²) in [6.45, 7) is 0. The van der Waals surface area contributed by atoms with Crippen LogP contribution in [0.1, 0.15) is 10.5 Å². The topological polar surface area (TPSA) is 34.9 Å². The highest BCUT2D eigenvalue weighted by Crippen LogP contribution is 2.05. The average molecular weight is 160 g/mol. The van der Waals surface area contributed by atoms with E-state index in [1.54, 1.807) is 0 Å². The van der Waals surface area contributed by atoms with Gasteiger partial charge in [0.25, 0.3) is 0 Å². The van der Waals surface area contributed by atoms with Gasteiger partial charge in [0.05, 0.1) is 0 Å². The molecule has 0 saturated heterocycles. The van der Waals surface area contributed by atoms with Gasteiger partial charge in [-0.05, 0) is 6.07 Å². The number of Topliss-reactive ketones (excluding diaryl/α,β-unsaturated/α-hetero) is 1. The van der Waals surface area contributed by atoms with E-state index < -0.39 is 12.2 Å². The van der Waals surface area contributed by atoms with E-state index in [9.17, 15) is 13.6 Å². The molecule has 1 rings (SSSR count). The van der Waals surface area contributed by atoms with Crippen LogP contribution < -0.4 is 0 Å². The zero-order valence-electron chi connectivity index (χ0n) is 5.79. The molecule has 0 saturated carbocycles. The number of hydrogen-bond acceptors (Lipinski definition) is 2. The van der Waals surface area contributed by atoms with Crippen LogP contribution in [0.2, 0.25) is 0 Å². The fraction of sp³-hybridized carbons (Fsp3) is 0.333. The van der Waals surface area contributed by atoms with Crippen molar-refractivity contribution in [3.8, 4) is 0 Å². The molecule has 1 heterocycles. The number of carbonyl (C=O) groups excluding carboxylic acids is 1. The van der Waals surface area contributed by atoms with Crippen molar-refractivity contribution < 1.29 is 13.6 Å². The summed E-state index contributed by atoms with van der Waals surface area (Å²) in [6, 6.07) is 1.26. The Morgan fingerprint density at radius 2 is 2.36 bits per heavy atom. The third-order valence-electron chi connectivity index (χ3n) is 1.27. The summed E-state index contributed by atoms with van der Waals surface area (Å²) in [5.41, 5.74) is -0.0694. The molecule has 0 spiro atoms. The molecule has 0 atom stereocenters. The molecule has 5 heteroatoms. The van der Waals surface area contributed by atoms with E-state index in [1.807, 2.05) is 0 Å². The van der Waals surface area contributed by atoms with E-state index in [2.05, 4.69) is 5.10 Å². The second-order valence-electron chi connectivity index (χ2n) is 2.01. The minimum absolute atomic E-state index is 0.0694. The molecule has 1 aromatic heterocycles. The number of nitrogens with zero attached hydrogens (tertiary/aromatic N) is 2. The molecule has 0 aliphatic carbocycles. The van der Waals surface area contributed by atoms with Crippen LogP contribution in [-0.4, -0.2) is 22.0 Å². The Bertz CT molecular complexity index is 269. The van der Waals surface area contributed by atoms with Crippen molar-refractivity contribution >= 4 is 5.78 Å². The fourth-order valence-electron chi connectivity index (χ4n) is 0.727. The molecular weight excluding hydrogens is 154 g/mol. The first-order valence-corrected chi connectivity index (χ1v) is 2.93. The number of carbonyl (C=O) groups is 1. The number of hydrogen-bond donors (Lipinski definition) is 0. The molecule has 0 bridgehead atoms. The van der Waals surface area contributed by atoms with Crippen molar-refractivity contribution in [3.05, 3.63) is 18.0 Å². The number of alkyl halides is 2. The monoisotopic (exact) mass is 160 g/mol. The lowest BCUT2D eigenvalue weighted by Crippen LogP contribution is -2.14. The number of aromatic nitrogens is 2. The molecule has 3 nitrogen and oxygen atoms in total. The van der Waals surface area contributed by atoms with Gasteiger partial charge >= 0.3 is 6.43 Å². The highest BCUT2D eigenvalue weighted by molar-refractivity contribution is 5.96. The molecule has 0 amide bonds. The predicted molar refractivity (Wildman–Crippen MR) is 33.5 cm³/mol. The minimum Gasteiger partial charge on any atom is -0.286 e. The Kier molecular flexibility index (Phi) is 1.98. The van der Waals surface area contributed by atoms with E-state index in [0.29, 0.717) is 0 Å². The summed E-state index contributed by atoms with van der Waals surface area (Å²) < 4.78 is 24.7. The summed E-state index contributed by atoms with van der Waals surface area (Å²) in [7, 11) is 1.44. The fourth-order valence-corrected chi connectivity index (χ4v) is 0.727. The van der Waals surface area contributed by atoms with E-state index in [1.165, 1.54) is 19.3 Å². The Morgan fingerprint density at radius 1 is 1.73 bits per heavy atom. The van der Waals surface area contributed by atoms with Gasteiger partial charge in [0.15, 0.2) is 0 Å². The van der Waals surface area contributed by atoms with E-state index in [0.717, 1.165) is 4.68 Å². The molecule has 0 aromatic carbocycles. The van der Waals surface area contributed by atoms with Crippen molar-refractivity contribution in [1.82, 2.24) is 9.78 Å². The van der Waals surface area contributed by atoms with E-state index in [4.69, 9.17) is 0 Å². The van der Waals surface area contributed by atoms with Gasteiger partial charge in [0, 0.05) is 13.2 Å². The lowest BCUT2D eigenvalue weighted by Gasteiger charge is -1.97. The molecule has 0 N–H and O–H groups in total. The van der Waals surface area contributed by atoms with Crippen molar-refractivity contribution in [2.24, 2.45) is 7.05 Å². The summed E-state index contributed by atoms with van der Waals surface area (Å²) in [4.78, 5) is 10.6. The Morgan fingerprint density at radius 3 is 2.73 bits per heavy atom. The molecule has 1 aromatic rings. The first kappa shape index (κ1) is 7.84. The molecule has 0 aliphatic rings. The van der Waals surface area contributed by atoms with Crippen LogP contribution in [0.25, 0.3) is 0 Å². The Hall–Kier alpha value is -1.26.